The van der Waals surface area contributed by atoms with E-state index in [9.17, 15) is 0 Å². The molecule has 0 atom stereocenters. The topological polar surface area (TPSA) is 12.9 Å². The molecule has 0 amide bonds. The van der Waals surface area contributed by atoms with Crippen molar-refractivity contribution in [2.24, 2.45) is 0 Å². The van der Waals surface area contributed by atoms with Crippen molar-refractivity contribution in [3.63, 3.8) is 0 Å². The monoisotopic (exact) mass is 189 g/mol. The van der Waals surface area contributed by atoms with E-state index in [1.54, 1.807) is 10.9 Å². The van der Waals surface area contributed by atoms with Crippen molar-refractivity contribution >= 4 is 26.7 Å². The second-order valence-electron chi connectivity index (χ2n) is 3.11. The summed E-state index contributed by atoms with van der Waals surface area (Å²) in [6, 6.07) is 4.17. The van der Waals surface area contributed by atoms with Gasteiger partial charge in [-0.1, -0.05) is 6.07 Å². The Balaban J connectivity index is 2.39. The molecule has 13 heavy (non-hydrogen) atoms. The van der Waals surface area contributed by atoms with E-state index in [0.29, 0.717) is 0 Å². The summed E-state index contributed by atoms with van der Waals surface area (Å²) in [6.45, 7) is 4.18. The lowest BCUT2D eigenvalue weighted by Crippen LogP contribution is -1.94. The first-order chi connectivity index (χ1) is 6.27. The molecule has 1 aliphatic heterocycles. The molecule has 0 radical (unpaired) electrons. The SMILES string of the molecule is CC1=S=CC=C1c1ccc(C)cn1. The first-order valence-corrected chi connectivity index (χ1v) is 5.12. The van der Waals surface area contributed by atoms with Crippen LogP contribution in [0.4, 0.5) is 0 Å². The van der Waals surface area contributed by atoms with Gasteiger partial charge >= 0.3 is 0 Å². The van der Waals surface area contributed by atoms with Gasteiger partial charge in [-0.2, -0.15) is 0 Å². The Hall–Kier alpha value is -1.15. The lowest BCUT2D eigenvalue weighted by molar-refractivity contribution is 1.24. The van der Waals surface area contributed by atoms with Gasteiger partial charge < -0.3 is 0 Å². The number of pyridine rings is 1. The summed E-state index contributed by atoms with van der Waals surface area (Å²) in [5.74, 6) is 0. The van der Waals surface area contributed by atoms with Crippen LogP contribution >= 0.6 is 10.9 Å². The van der Waals surface area contributed by atoms with E-state index in [4.69, 9.17) is 0 Å². The van der Waals surface area contributed by atoms with E-state index >= 15 is 0 Å². The van der Waals surface area contributed by atoms with Crippen LogP contribution in [0.25, 0.3) is 5.57 Å². The Bertz CT molecular complexity index is 420. The lowest BCUT2D eigenvalue weighted by Gasteiger charge is -2.02. The zero-order valence-electron chi connectivity index (χ0n) is 7.74. The molecule has 66 valence electrons. The van der Waals surface area contributed by atoms with Gasteiger partial charge in [0.2, 0.25) is 0 Å². The summed E-state index contributed by atoms with van der Waals surface area (Å²) in [5.41, 5.74) is 3.53. The number of hydrogen-bond donors (Lipinski definition) is 0. The molecular weight excluding hydrogens is 178 g/mol. The Morgan fingerprint density at radius 1 is 1.23 bits per heavy atom. The van der Waals surface area contributed by atoms with E-state index in [0.717, 1.165) is 5.69 Å². The maximum atomic E-state index is 4.39. The smallest absolute Gasteiger partial charge is 0.0713 e. The molecule has 2 heteroatoms. The molecule has 2 heterocycles. The predicted molar refractivity (Wildman–Crippen MR) is 61.3 cm³/mol. The van der Waals surface area contributed by atoms with E-state index < -0.39 is 0 Å². The second-order valence-corrected chi connectivity index (χ2v) is 4.23. The third-order valence-corrected chi connectivity index (χ3v) is 2.89. The molecule has 0 unspecified atom stereocenters. The summed E-state index contributed by atoms with van der Waals surface area (Å²) in [5, 5.41) is 2.10. The van der Waals surface area contributed by atoms with Gasteiger partial charge in [0.25, 0.3) is 0 Å². The summed E-state index contributed by atoms with van der Waals surface area (Å²) >= 11 is 0. The fraction of sp³-hybridized carbons (Fsp3) is 0.182. The number of aryl methyl sites for hydroxylation is 1. The normalized spacial score (nSPS) is 14.9. The van der Waals surface area contributed by atoms with Crippen LogP contribution in [0.5, 0.6) is 0 Å². The van der Waals surface area contributed by atoms with Gasteiger partial charge in [-0.3, -0.25) is 4.98 Å². The van der Waals surface area contributed by atoms with Crippen molar-refractivity contribution in [1.29, 1.82) is 0 Å². The maximum Gasteiger partial charge on any atom is 0.0713 e. The zero-order chi connectivity index (χ0) is 9.26. The first-order valence-electron chi connectivity index (χ1n) is 4.24. The van der Waals surface area contributed by atoms with E-state index in [1.165, 1.54) is 16.0 Å². The summed E-state index contributed by atoms with van der Waals surface area (Å²) < 4.78 is 0. The molecule has 1 aromatic rings. The number of aromatic nitrogens is 1. The van der Waals surface area contributed by atoms with Crippen molar-refractivity contribution in [1.82, 2.24) is 4.98 Å². The molecule has 2 rings (SSSR count). The first kappa shape index (κ1) is 8.45. The molecule has 1 aromatic heterocycles. The quantitative estimate of drug-likeness (QED) is 0.619. The maximum absolute atomic E-state index is 4.39. The van der Waals surface area contributed by atoms with E-state index in [1.807, 2.05) is 6.20 Å². The average molecular weight is 189 g/mol. The van der Waals surface area contributed by atoms with Crippen molar-refractivity contribution in [2.45, 2.75) is 13.8 Å². The van der Waals surface area contributed by atoms with Crippen molar-refractivity contribution in [3.8, 4) is 0 Å². The van der Waals surface area contributed by atoms with Crippen LogP contribution in [-0.2, 0) is 0 Å². The van der Waals surface area contributed by atoms with Crippen LogP contribution in [0.3, 0.4) is 0 Å². The fourth-order valence-corrected chi connectivity index (χ4v) is 1.99. The standard InChI is InChI=1S/C11H11NS/c1-8-3-4-11(12-7-8)10-5-6-13-9(10)2/h3-7H,1-2H3. The molecule has 0 spiro atoms. The van der Waals surface area contributed by atoms with Gasteiger partial charge in [-0.05, 0) is 36.9 Å². The van der Waals surface area contributed by atoms with Crippen LogP contribution in [0, 0.1) is 6.92 Å². The van der Waals surface area contributed by atoms with Crippen LogP contribution in [0.15, 0.2) is 24.4 Å². The average Bonchev–Trinajstić information content (AvgIpc) is 2.53. The molecular formula is C11H11NS. The Labute approximate surface area is 81.7 Å². The molecule has 0 fully saturated rings. The number of nitrogens with zero attached hydrogens (tertiary/aromatic N) is 1. The molecule has 1 aliphatic rings. The van der Waals surface area contributed by atoms with Crippen LogP contribution in [-0.4, -0.2) is 15.2 Å². The molecule has 0 N–H and O–H groups in total. The van der Waals surface area contributed by atoms with Crippen LogP contribution in [0.1, 0.15) is 18.2 Å². The molecule has 0 aliphatic carbocycles. The highest BCUT2D eigenvalue weighted by Gasteiger charge is 2.06. The summed E-state index contributed by atoms with van der Waals surface area (Å²) in [6.07, 6.45) is 4.03. The largest absolute Gasteiger partial charge is 0.256 e. The molecule has 0 saturated carbocycles. The highest BCUT2D eigenvalue weighted by Crippen LogP contribution is 2.17. The molecule has 0 saturated heterocycles. The number of hydrogen-bond acceptors (Lipinski definition) is 1. The fourth-order valence-electron chi connectivity index (χ4n) is 1.28. The van der Waals surface area contributed by atoms with Crippen molar-refractivity contribution in [2.75, 3.05) is 0 Å². The van der Waals surface area contributed by atoms with Gasteiger partial charge in [0.05, 0.1) is 5.69 Å². The molecule has 0 aromatic carbocycles. The zero-order valence-corrected chi connectivity index (χ0v) is 8.56. The summed E-state index contributed by atoms with van der Waals surface area (Å²) in [7, 11) is 1.76. The van der Waals surface area contributed by atoms with Crippen LogP contribution < -0.4 is 0 Å². The minimum Gasteiger partial charge on any atom is -0.256 e. The minimum atomic E-state index is 1.07. The lowest BCUT2D eigenvalue weighted by atomic mass is 10.1. The van der Waals surface area contributed by atoms with Crippen molar-refractivity contribution in [3.05, 3.63) is 35.7 Å². The molecule has 0 bridgehead atoms. The number of allylic oxidation sites excluding steroid dienone is 2. The van der Waals surface area contributed by atoms with E-state index in [2.05, 4.69) is 42.4 Å². The Morgan fingerprint density at radius 3 is 2.62 bits per heavy atom. The highest BCUT2D eigenvalue weighted by molar-refractivity contribution is 7.98. The Kier molecular flexibility index (Phi) is 2.15. The molecule has 1 nitrogen and oxygen atoms in total. The Morgan fingerprint density at radius 2 is 2.08 bits per heavy atom. The highest BCUT2D eigenvalue weighted by atomic mass is 32.1. The van der Waals surface area contributed by atoms with Gasteiger partial charge in [-0.25, -0.2) is 0 Å². The van der Waals surface area contributed by atoms with Gasteiger partial charge in [0.1, 0.15) is 0 Å². The van der Waals surface area contributed by atoms with Gasteiger partial charge in [-0.15, -0.1) is 10.9 Å². The van der Waals surface area contributed by atoms with Crippen LogP contribution in [0.2, 0.25) is 0 Å². The third kappa shape index (κ3) is 1.63. The summed E-state index contributed by atoms with van der Waals surface area (Å²) in [4.78, 5) is 5.72. The van der Waals surface area contributed by atoms with Gasteiger partial charge in [0, 0.05) is 16.6 Å². The minimum absolute atomic E-state index is 1.07. The van der Waals surface area contributed by atoms with Crippen molar-refractivity contribution < 1.29 is 0 Å². The van der Waals surface area contributed by atoms with Gasteiger partial charge in [0.15, 0.2) is 0 Å². The predicted octanol–water partition coefficient (Wildman–Crippen LogP) is 2.51. The number of rotatable bonds is 1. The third-order valence-electron chi connectivity index (χ3n) is 2.05. The van der Waals surface area contributed by atoms with E-state index in [-0.39, 0.29) is 0 Å². The second kappa shape index (κ2) is 3.30.